The number of urea groups is 1. The van der Waals surface area contributed by atoms with Crippen LogP contribution in [-0.2, 0) is 9.59 Å². The van der Waals surface area contributed by atoms with Gasteiger partial charge >= 0.3 is 6.03 Å². The van der Waals surface area contributed by atoms with Gasteiger partial charge in [-0.15, -0.1) is 0 Å². The number of anilines is 1. The van der Waals surface area contributed by atoms with E-state index >= 15 is 0 Å². The molecule has 7 nitrogen and oxygen atoms in total. The predicted octanol–water partition coefficient (Wildman–Crippen LogP) is 2.50. The molecular weight excluding hydrogens is 346 g/mol. The van der Waals surface area contributed by atoms with Gasteiger partial charge in [-0.05, 0) is 44.0 Å². The molecule has 27 heavy (non-hydrogen) atoms. The van der Waals surface area contributed by atoms with E-state index in [1.54, 1.807) is 36.1 Å². The van der Waals surface area contributed by atoms with E-state index < -0.39 is 11.6 Å². The summed E-state index contributed by atoms with van der Waals surface area (Å²) in [4.78, 5) is 51.9. The fourth-order valence-corrected chi connectivity index (χ4v) is 3.57. The molecule has 2 fully saturated rings. The van der Waals surface area contributed by atoms with Gasteiger partial charge in [0.05, 0.1) is 6.54 Å². The largest absolute Gasteiger partial charge is 0.325 e. The third-order valence-electron chi connectivity index (χ3n) is 5.25. The van der Waals surface area contributed by atoms with E-state index in [0.29, 0.717) is 24.9 Å². The number of hydrogen-bond acceptors (Lipinski definition) is 4. The summed E-state index contributed by atoms with van der Waals surface area (Å²) in [6, 6.07) is 6.21. The third-order valence-corrected chi connectivity index (χ3v) is 5.25. The molecule has 0 spiro atoms. The maximum atomic E-state index is 12.6. The second-order valence-corrected chi connectivity index (χ2v) is 7.38. The molecule has 1 aromatic rings. The molecule has 0 aromatic heterocycles. The van der Waals surface area contributed by atoms with Crippen LogP contribution in [0.15, 0.2) is 24.3 Å². The Morgan fingerprint density at radius 2 is 1.89 bits per heavy atom. The number of nitrogens with zero attached hydrogens (tertiary/aromatic N) is 2. The van der Waals surface area contributed by atoms with Gasteiger partial charge in [0.1, 0.15) is 5.54 Å². The molecule has 0 aliphatic carbocycles. The maximum Gasteiger partial charge on any atom is 0.325 e. The van der Waals surface area contributed by atoms with Gasteiger partial charge in [0.25, 0.3) is 5.91 Å². The first-order chi connectivity index (χ1) is 12.9. The number of unbranched alkanes of at least 4 members (excludes halogenated alkanes) is 1. The summed E-state index contributed by atoms with van der Waals surface area (Å²) in [6.45, 7) is 4.12. The number of benzene rings is 1. The van der Waals surface area contributed by atoms with Crippen molar-refractivity contribution >= 4 is 29.3 Å². The Morgan fingerprint density at radius 1 is 1.19 bits per heavy atom. The quantitative estimate of drug-likeness (QED) is 0.589. The summed E-state index contributed by atoms with van der Waals surface area (Å²) >= 11 is 0. The van der Waals surface area contributed by atoms with Crippen molar-refractivity contribution in [3.8, 4) is 0 Å². The van der Waals surface area contributed by atoms with Crippen LogP contribution in [0.2, 0.25) is 0 Å². The minimum atomic E-state index is -0.937. The standard InChI is InChI=1S/C20H25N3O4/c1-3-4-11-20(2)18(26)23(19(27)21-20)13-16(24)14-7-9-15(10-8-14)22-12-5-6-17(22)25/h7-10H,3-6,11-13H2,1-2H3,(H,21,27)/t20-/m0/s1. The van der Waals surface area contributed by atoms with Gasteiger partial charge in [0.2, 0.25) is 5.91 Å². The Bertz CT molecular complexity index is 774. The summed E-state index contributed by atoms with van der Waals surface area (Å²) in [5, 5.41) is 2.71. The molecule has 3 rings (SSSR count). The first kappa shape index (κ1) is 19.1. The third kappa shape index (κ3) is 3.72. The van der Waals surface area contributed by atoms with Gasteiger partial charge in [0, 0.05) is 24.2 Å². The van der Waals surface area contributed by atoms with Crippen molar-refractivity contribution in [3.05, 3.63) is 29.8 Å². The Labute approximate surface area is 158 Å². The first-order valence-electron chi connectivity index (χ1n) is 9.43. The summed E-state index contributed by atoms with van der Waals surface area (Å²) in [5.74, 6) is -0.578. The average Bonchev–Trinajstić information content (AvgIpc) is 3.17. The van der Waals surface area contributed by atoms with Gasteiger partial charge in [-0.1, -0.05) is 19.8 Å². The number of rotatable bonds is 7. The summed E-state index contributed by atoms with van der Waals surface area (Å²) in [7, 11) is 0. The molecule has 2 aliphatic rings. The number of carbonyl (C=O) groups excluding carboxylic acids is 4. The zero-order valence-corrected chi connectivity index (χ0v) is 15.8. The summed E-state index contributed by atoms with van der Waals surface area (Å²) in [6.07, 6.45) is 3.67. The summed E-state index contributed by atoms with van der Waals surface area (Å²) < 4.78 is 0. The van der Waals surface area contributed by atoms with Crippen molar-refractivity contribution in [2.75, 3.05) is 18.0 Å². The molecule has 0 unspecified atom stereocenters. The molecule has 0 radical (unpaired) electrons. The number of ketones is 1. The highest BCUT2D eigenvalue weighted by Crippen LogP contribution is 2.25. The molecule has 1 atom stereocenters. The van der Waals surface area contributed by atoms with E-state index in [4.69, 9.17) is 0 Å². The molecule has 7 heteroatoms. The van der Waals surface area contributed by atoms with E-state index in [2.05, 4.69) is 5.32 Å². The monoisotopic (exact) mass is 371 g/mol. The molecule has 1 N–H and O–H groups in total. The van der Waals surface area contributed by atoms with E-state index in [-0.39, 0.29) is 24.1 Å². The number of hydrogen-bond donors (Lipinski definition) is 1. The first-order valence-corrected chi connectivity index (χ1v) is 9.43. The van der Waals surface area contributed by atoms with Gasteiger partial charge < -0.3 is 10.2 Å². The van der Waals surface area contributed by atoms with Crippen LogP contribution in [0.5, 0.6) is 0 Å². The maximum absolute atomic E-state index is 12.6. The molecule has 144 valence electrons. The lowest BCUT2D eigenvalue weighted by atomic mass is 9.95. The van der Waals surface area contributed by atoms with Crippen molar-refractivity contribution in [1.29, 1.82) is 0 Å². The second kappa shape index (κ2) is 7.50. The SMILES string of the molecule is CCCC[C@]1(C)NC(=O)N(CC(=O)c2ccc(N3CCCC3=O)cc2)C1=O. The highest BCUT2D eigenvalue weighted by atomic mass is 16.2. The van der Waals surface area contributed by atoms with Crippen molar-refractivity contribution in [2.45, 2.75) is 51.5 Å². The average molecular weight is 371 g/mol. The number of imide groups is 1. The Hall–Kier alpha value is -2.70. The molecule has 2 aliphatic heterocycles. The molecule has 2 saturated heterocycles. The zero-order chi connectivity index (χ0) is 19.6. The summed E-state index contributed by atoms with van der Waals surface area (Å²) in [5.41, 5.74) is 0.234. The van der Waals surface area contributed by atoms with Crippen LogP contribution in [0.3, 0.4) is 0 Å². The van der Waals surface area contributed by atoms with Crippen molar-refractivity contribution in [2.24, 2.45) is 0 Å². The molecule has 4 amide bonds. The number of carbonyl (C=O) groups is 4. The van der Waals surface area contributed by atoms with Crippen LogP contribution in [0.4, 0.5) is 10.5 Å². The van der Waals surface area contributed by atoms with E-state index in [1.807, 2.05) is 6.92 Å². The lowest BCUT2D eigenvalue weighted by Gasteiger charge is -2.21. The van der Waals surface area contributed by atoms with E-state index in [1.165, 1.54) is 0 Å². The minimum absolute atomic E-state index is 0.0831. The van der Waals surface area contributed by atoms with E-state index in [0.717, 1.165) is 29.8 Å². The van der Waals surface area contributed by atoms with Crippen LogP contribution in [0, 0.1) is 0 Å². The Balaban J connectivity index is 1.67. The van der Waals surface area contributed by atoms with Gasteiger partial charge in [0.15, 0.2) is 5.78 Å². The highest BCUT2D eigenvalue weighted by molar-refractivity contribution is 6.11. The second-order valence-electron chi connectivity index (χ2n) is 7.38. The molecule has 2 heterocycles. The molecule has 1 aromatic carbocycles. The van der Waals surface area contributed by atoms with Crippen LogP contribution in [0.1, 0.15) is 56.3 Å². The topological polar surface area (TPSA) is 86.8 Å². The number of nitrogens with one attached hydrogen (secondary N) is 1. The van der Waals surface area contributed by atoms with Gasteiger partial charge in [-0.25, -0.2) is 4.79 Å². The van der Waals surface area contributed by atoms with Crippen LogP contribution < -0.4 is 10.2 Å². The molecule has 0 bridgehead atoms. The fraction of sp³-hybridized carbons (Fsp3) is 0.500. The van der Waals surface area contributed by atoms with Crippen molar-refractivity contribution < 1.29 is 19.2 Å². The van der Waals surface area contributed by atoms with Gasteiger partial charge in [-0.2, -0.15) is 0 Å². The number of Topliss-reactive ketones (excluding diaryl/α,β-unsaturated/α-hetero) is 1. The number of amides is 4. The predicted molar refractivity (Wildman–Crippen MR) is 101 cm³/mol. The van der Waals surface area contributed by atoms with Crippen LogP contribution in [0.25, 0.3) is 0 Å². The smallest absolute Gasteiger partial charge is 0.323 e. The van der Waals surface area contributed by atoms with Crippen LogP contribution in [-0.4, -0.2) is 47.2 Å². The molecular formula is C20H25N3O4. The normalized spacial score (nSPS) is 22.5. The van der Waals surface area contributed by atoms with Crippen molar-refractivity contribution in [3.63, 3.8) is 0 Å². The van der Waals surface area contributed by atoms with Crippen LogP contribution >= 0.6 is 0 Å². The minimum Gasteiger partial charge on any atom is -0.323 e. The van der Waals surface area contributed by atoms with Crippen molar-refractivity contribution in [1.82, 2.24) is 10.2 Å². The lowest BCUT2D eigenvalue weighted by Crippen LogP contribution is -2.44. The highest BCUT2D eigenvalue weighted by Gasteiger charge is 2.47. The zero-order valence-electron chi connectivity index (χ0n) is 15.8. The van der Waals surface area contributed by atoms with E-state index in [9.17, 15) is 19.2 Å². The Kier molecular flexibility index (Phi) is 5.30. The Morgan fingerprint density at radius 3 is 2.48 bits per heavy atom. The lowest BCUT2D eigenvalue weighted by molar-refractivity contribution is -0.130. The molecule has 0 saturated carbocycles. The fourth-order valence-electron chi connectivity index (χ4n) is 3.57. The van der Waals surface area contributed by atoms with Gasteiger partial charge in [-0.3, -0.25) is 19.3 Å².